The van der Waals surface area contributed by atoms with Gasteiger partial charge in [-0.1, -0.05) is 6.07 Å². The molecule has 0 aliphatic carbocycles. The van der Waals surface area contributed by atoms with Crippen LogP contribution in [-0.2, 0) is 16.0 Å². The van der Waals surface area contributed by atoms with Gasteiger partial charge in [-0.05, 0) is 18.6 Å². The summed E-state index contributed by atoms with van der Waals surface area (Å²) in [5.74, 6) is 1.25. The van der Waals surface area contributed by atoms with Gasteiger partial charge in [-0.3, -0.25) is 14.9 Å². The lowest BCUT2D eigenvalue weighted by Gasteiger charge is -2.31. The van der Waals surface area contributed by atoms with E-state index in [1.807, 2.05) is 18.3 Å². The molecule has 0 radical (unpaired) electrons. The van der Waals surface area contributed by atoms with Crippen molar-refractivity contribution in [1.29, 1.82) is 0 Å². The molecule has 0 bridgehead atoms. The van der Waals surface area contributed by atoms with Crippen LogP contribution in [0.1, 0.15) is 12.1 Å². The van der Waals surface area contributed by atoms with Crippen LogP contribution in [-0.4, -0.2) is 64.9 Å². The highest BCUT2D eigenvalue weighted by Crippen LogP contribution is 2.33. The molecule has 2 aliphatic rings. The largest absolute Gasteiger partial charge is 0.377 e. The second-order valence-electron chi connectivity index (χ2n) is 7.12. The third-order valence-corrected chi connectivity index (χ3v) is 4.96. The number of nitrogens with one attached hydrogen (secondary N) is 1. The van der Waals surface area contributed by atoms with Gasteiger partial charge in [-0.25, -0.2) is 4.98 Å². The number of aromatic nitrogens is 3. The SMILES string of the molecule is c1ccc(CN2CCOCC3(CC(CNc4cnccn4)CO3)C2)nc1. The number of anilines is 1. The Kier molecular flexibility index (Phi) is 5.38. The van der Waals surface area contributed by atoms with Gasteiger partial charge in [-0.15, -0.1) is 0 Å². The first-order chi connectivity index (χ1) is 12.8. The lowest BCUT2D eigenvalue weighted by Crippen LogP contribution is -2.44. The minimum atomic E-state index is -0.222. The summed E-state index contributed by atoms with van der Waals surface area (Å²) in [4.78, 5) is 15.2. The molecule has 7 heteroatoms. The Morgan fingerprint density at radius 3 is 3.08 bits per heavy atom. The average molecular weight is 355 g/mol. The molecule has 2 fully saturated rings. The molecule has 1 spiro atoms. The molecule has 4 rings (SSSR count). The summed E-state index contributed by atoms with van der Waals surface area (Å²) in [6.45, 7) is 5.59. The van der Waals surface area contributed by atoms with Crippen LogP contribution in [0.5, 0.6) is 0 Å². The van der Waals surface area contributed by atoms with E-state index in [9.17, 15) is 0 Å². The highest BCUT2D eigenvalue weighted by molar-refractivity contribution is 5.29. The van der Waals surface area contributed by atoms with Crippen molar-refractivity contribution in [3.63, 3.8) is 0 Å². The maximum Gasteiger partial charge on any atom is 0.144 e. The second kappa shape index (κ2) is 8.07. The summed E-state index contributed by atoms with van der Waals surface area (Å²) in [6, 6.07) is 6.06. The van der Waals surface area contributed by atoms with E-state index in [1.54, 1.807) is 18.6 Å². The van der Waals surface area contributed by atoms with Crippen LogP contribution in [0.3, 0.4) is 0 Å². The number of nitrogens with zero attached hydrogens (tertiary/aromatic N) is 4. The van der Waals surface area contributed by atoms with E-state index >= 15 is 0 Å². The summed E-state index contributed by atoms with van der Waals surface area (Å²) in [5.41, 5.74) is 0.864. The molecule has 2 saturated heterocycles. The standard InChI is InChI=1S/C19H25N5O2/c1-2-4-21-17(3-1)12-24-7-8-25-15-19(14-24)9-16(13-26-19)10-23-18-11-20-5-6-22-18/h1-6,11,16H,7-10,12-15H2,(H,22,23). The zero-order chi connectivity index (χ0) is 17.7. The van der Waals surface area contributed by atoms with Gasteiger partial charge in [0.15, 0.2) is 0 Å². The molecule has 7 nitrogen and oxygen atoms in total. The molecule has 0 aromatic carbocycles. The molecule has 0 amide bonds. The maximum absolute atomic E-state index is 6.27. The number of hydrogen-bond acceptors (Lipinski definition) is 7. The fraction of sp³-hybridized carbons (Fsp3) is 0.526. The van der Waals surface area contributed by atoms with E-state index in [1.165, 1.54) is 0 Å². The molecule has 2 aromatic heterocycles. The number of pyridine rings is 1. The van der Waals surface area contributed by atoms with Crippen LogP contribution in [0.2, 0.25) is 0 Å². The molecule has 0 saturated carbocycles. The van der Waals surface area contributed by atoms with Crippen LogP contribution in [0, 0.1) is 5.92 Å². The van der Waals surface area contributed by atoms with Gasteiger partial charge in [0, 0.05) is 50.7 Å². The van der Waals surface area contributed by atoms with Crippen LogP contribution >= 0.6 is 0 Å². The van der Waals surface area contributed by atoms with Crippen molar-refractivity contribution in [3.8, 4) is 0 Å². The van der Waals surface area contributed by atoms with Crippen molar-refractivity contribution in [2.45, 2.75) is 18.6 Å². The maximum atomic E-state index is 6.27. The molecule has 2 atom stereocenters. The lowest BCUT2D eigenvalue weighted by atomic mass is 9.94. The van der Waals surface area contributed by atoms with E-state index < -0.39 is 0 Å². The minimum Gasteiger partial charge on any atom is -0.377 e. The van der Waals surface area contributed by atoms with Crippen molar-refractivity contribution in [2.75, 3.05) is 44.8 Å². The Hall–Kier alpha value is -2.09. The second-order valence-corrected chi connectivity index (χ2v) is 7.12. The Morgan fingerprint density at radius 1 is 1.23 bits per heavy atom. The summed E-state index contributed by atoms with van der Waals surface area (Å²) < 4.78 is 12.1. The Bertz CT molecular complexity index is 687. The van der Waals surface area contributed by atoms with Crippen LogP contribution in [0.4, 0.5) is 5.82 Å². The summed E-state index contributed by atoms with van der Waals surface area (Å²) in [7, 11) is 0. The zero-order valence-corrected chi connectivity index (χ0v) is 14.9. The summed E-state index contributed by atoms with van der Waals surface area (Å²) >= 11 is 0. The fourth-order valence-electron chi connectivity index (χ4n) is 3.76. The first kappa shape index (κ1) is 17.3. The van der Waals surface area contributed by atoms with Crippen LogP contribution in [0.25, 0.3) is 0 Å². The number of ether oxygens (including phenoxy) is 2. The van der Waals surface area contributed by atoms with Crippen molar-refractivity contribution in [3.05, 3.63) is 48.7 Å². The van der Waals surface area contributed by atoms with Gasteiger partial charge < -0.3 is 14.8 Å². The Morgan fingerprint density at radius 2 is 2.23 bits per heavy atom. The zero-order valence-electron chi connectivity index (χ0n) is 14.9. The molecule has 2 aromatic rings. The predicted octanol–water partition coefficient (Wildman–Crippen LogP) is 1.59. The smallest absolute Gasteiger partial charge is 0.144 e. The molecule has 2 unspecified atom stereocenters. The molecule has 138 valence electrons. The Balaban J connectivity index is 1.34. The molecule has 1 N–H and O–H groups in total. The monoisotopic (exact) mass is 355 g/mol. The number of rotatable bonds is 5. The molecule has 4 heterocycles. The molecular formula is C19H25N5O2. The quantitative estimate of drug-likeness (QED) is 0.873. The summed E-state index contributed by atoms with van der Waals surface area (Å²) in [5, 5.41) is 3.36. The van der Waals surface area contributed by atoms with Gasteiger partial charge >= 0.3 is 0 Å². The fourth-order valence-corrected chi connectivity index (χ4v) is 3.76. The molecular weight excluding hydrogens is 330 g/mol. The first-order valence-electron chi connectivity index (χ1n) is 9.15. The van der Waals surface area contributed by atoms with Crippen LogP contribution in [0.15, 0.2) is 43.0 Å². The van der Waals surface area contributed by atoms with Gasteiger partial charge in [0.2, 0.25) is 0 Å². The predicted molar refractivity (Wildman–Crippen MR) is 97.6 cm³/mol. The highest BCUT2D eigenvalue weighted by atomic mass is 16.5. The van der Waals surface area contributed by atoms with E-state index in [4.69, 9.17) is 9.47 Å². The normalized spacial score (nSPS) is 26.7. The lowest BCUT2D eigenvalue weighted by molar-refractivity contribution is -0.0563. The van der Waals surface area contributed by atoms with Crippen molar-refractivity contribution in [1.82, 2.24) is 19.9 Å². The molecule has 26 heavy (non-hydrogen) atoms. The van der Waals surface area contributed by atoms with Crippen molar-refractivity contribution < 1.29 is 9.47 Å². The third-order valence-electron chi connectivity index (χ3n) is 4.96. The van der Waals surface area contributed by atoms with Gasteiger partial charge in [0.25, 0.3) is 0 Å². The topological polar surface area (TPSA) is 72.4 Å². The number of hydrogen-bond donors (Lipinski definition) is 1. The van der Waals surface area contributed by atoms with E-state index in [2.05, 4.69) is 31.2 Å². The summed E-state index contributed by atoms with van der Waals surface area (Å²) in [6.07, 6.45) is 7.95. The van der Waals surface area contributed by atoms with Crippen molar-refractivity contribution >= 4 is 5.82 Å². The first-order valence-corrected chi connectivity index (χ1v) is 9.15. The van der Waals surface area contributed by atoms with Crippen LogP contribution < -0.4 is 5.32 Å². The van der Waals surface area contributed by atoms with Gasteiger partial charge in [0.1, 0.15) is 11.4 Å². The van der Waals surface area contributed by atoms with Crippen molar-refractivity contribution in [2.24, 2.45) is 5.92 Å². The Labute approximate surface area is 153 Å². The highest BCUT2D eigenvalue weighted by Gasteiger charge is 2.43. The molecule has 2 aliphatic heterocycles. The van der Waals surface area contributed by atoms with Gasteiger partial charge in [-0.2, -0.15) is 0 Å². The average Bonchev–Trinajstić information content (AvgIpc) is 2.97. The van der Waals surface area contributed by atoms with E-state index in [0.29, 0.717) is 12.5 Å². The van der Waals surface area contributed by atoms with E-state index in [-0.39, 0.29) is 5.60 Å². The third kappa shape index (κ3) is 4.35. The van der Waals surface area contributed by atoms with E-state index in [0.717, 1.165) is 57.3 Å². The van der Waals surface area contributed by atoms with Gasteiger partial charge in [0.05, 0.1) is 31.7 Å². The minimum absolute atomic E-state index is 0.222.